The van der Waals surface area contributed by atoms with Crippen LogP contribution in [0.5, 0.6) is 0 Å². The number of benzene rings is 1. The Morgan fingerprint density at radius 2 is 2.19 bits per heavy atom. The molecule has 0 aromatic heterocycles. The van der Waals surface area contributed by atoms with Crippen molar-refractivity contribution in [2.75, 3.05) is 0 Å². The highest BCUT2D eigenvalue weighted by atomic mass is 16.1. The minimum Gasteiger partial charge on any atom is -0.294 e. The summed E-state index contributed by atoms with van der Waals surface area (Å²) in [5, 5.41) is 0. The van der Waals surface area contributed by atoms with E-state index in [2.05, 4.69) is 12.6 Å². The van der Waals surface area contributed by atoms with Crippen molar-refractivity contribution < 1.29 is 4.79 Å². The van der Waals surface area contributed by atoms with Gasteiger partial charge < -0.3 is 0 Å². The van der Waals surface area contributed by atoms with E-state index in [1.54, 1.807) is 0 Å². The van der Waals surface area contributed by atoms with Crippen LogP contribution in [0, 0.1) is 5.92 Å². The SMILES string of the molecule is C=CCCCC1CCc2ccccc2C1=O. The average Bonchev–Trinajstić information content (AvgIpc) is 2.33. The van der Waals surface area contributed by atoms with Gasteiger partial charge in [0.25, 0.3) is 0 Å². The van der Waals surface area contributed by atoms with Crippen LogP contribution in [0.15, 0.2) is 36.9 Å². The molecule has 0 aliphatic heterocycles. The van der Waals surface area contributed by atoms with Gasteiger partial charge in [0.2, 0.25) is 0 Å². The second-order valence-corrected chi connectivity index (χ2v) is 4.48. The van der Waals surface area contributed by atoms with E-state index in [-0.39, 0.29) is 5.92 Å². The number of allylic oxidation sites excluding steroid dienone is 1. The first-order valence-corrected chi connectivity index (χ1v) is 6.06. The van der Waals surface area contributed by atoms with Crippen LogP contribution in [-0.4, -0.2) is 5.78 Å². The summed E-state index contributed by atoms with van der Waals surface area (Å²) < 4.78 is 0. The van der Waals surface area contributed by atoms with Gasteiger partial charge in [-0.25, -0.2) is 0 Å². The molecule has 0 amide bonds. The predicted molar refractivity (Wildman–Crippen MR) is 66.6 cm³/mol. The summed E-state index contributed by atoms with van der Waals surface area (Å²) in [5.74, 6) is 0.598. The first-order chi connectivity index (χ1) is 7.83. The van der Waals surface area contributed by atoms with E-state index in [1.165, 1.54) is 5.56 Å². The summed E-state index contributed by atoms with van der Waals surface area (Å²) in [5.41, 5.74) is 2.19. The number of hydrogen-bond acceptors (Lipinski definition) is 1. The van der Waals surface area contributed by atoms with Crippen molar-refractivity contribution >= 4 is 5.78 Å². The summed E-state index contributed by atoms with van der Waals surface area (Å²) >= 11 is 0. The number of fused-ring (bicyclic) bond motifs is 1. The maximum Gasteiger partial charge on any atom is 0.166 e. The number of hydrogen-bond donors (Lipinski definition) is 0. The summed E-state index contributed by atoms with van der Waals surface area (Å²) in [7, 11) is 0. The maximum atomic E-state index is 12.2. The zero-order valence-electron chi connectivity index (χ0n) is 9.61. The Morgan fingerprint density at radius 1 is 1.38 bits per heavy atom. The monoisotopic (exact) mass is 214 g/mol. The molecule has 1 atom stereocenters. The topological polar surface area (TPSA) is 17.1 Å². The van der Waals surface area contributed by atoms with Crippen molar-refractivity contribution in [2.24, 2.45) is 5.92 Å². The third kappa shape index (κ3) is 2.24. The lowest BCUT2D eigenvalue weighted by Crippen LogP contribution is -2.22. The van der Waals surface area contributed by atoms with Crippen LogP contribution in [0.3, 0.4) is 0 Å². The molecule has 0 N–H and O–H groups in total. The van der Waals surface area contributed by atoms with Crippen LogP contribution in [0.1, 0.15) is 41.6 Å². The molecule has 1 unspecified atom stereocenters. The van der Waals surface area contributed by atoms with Crippen molar-refractivity contribution in [2.45, 2.75) is 32.1 Å². The fraction of sp³-hybridized carbons (Fsp3) is 0.400. The summed E-state index contributed by atoms with van der Waals surface area (Å²) in [6.07, 6.45) is 7.13. The van der Waals surface area contributed by atoms with Crippen molar-refractivity contribution in [1.82, 2.24) is 0 Å². The first kappa shape index (κ1) is 11.1. The molecule has 1 aliphatic carbocycles. The third-order valence-electron chi connectivity index (χ3n) is 3.38. The molecule has 1 heteroatoms. The van der Waals surface area contributed by atoms with E-state index in [0.717, 1.165) is 37.7 Å². The number of rotatable bonds is 4. The van der Waals surface area contributed by atoms with Gasteiger partial charge in [-0.1, -0.05) is 30.3 Å². The zero-order chi connectivity index (χ0) is 11.4. The number of Topliss-reactive ketones (excluding diaryl/α,β-unsaturated/α-hetero) is 1. The lowest BCUT2D eigenvalue weighted by atomic mass is 9.80. The molecule has 1 aromatic carbocycles. The predicted octanol–water partition coefficient (Wildman–Crippen LogP) is 3.79. The molecule has 0 saturated carbocycles. The Labute approximate surface area is 97.2 Å². The summed E-state index contributed by atoms with van der Waals surface area (Å²) in [4.78, 5) is 12.2. The molecule has 1 aliphatic rings. The van der Waals surface area contributed by atoms with Gasteiger partial charge in [-0.05, 0) is 37.7 Å². The van der Waals surface area contributed by atoms with Crippen molar-refractivity contribution in [3.05, 3.63) is 48.0 Å². The van der Waals surface area contributed by atoms with Crippen molar-refractivity contribution in [3.63, 3.8) is 0 Å². The van der Waals surface area contributed by atoms with E-state index in [9.17, 15) is 4.79 Å². The molecule has 0 fully saturated rings. The Hall–Kier alpha value is -1.37. The van der Waals surface area contributed by atoms with Gasteiger partial charge in [0.05, 0.1) is 0 Å². The highest BCUT2D eigenvalue weighted by Crippen LogP contribution is 2.28. The first-order valence-electron chi connectivity index (χ1n) is 6.06. The van der Waals surface area contributed by atoms with Crippen LogP contribution in [0.25, 0.3) is 0 Å². The van der Waals surface area contributed by atoms with Gasteiger partial charge in [-0.2, -0.15) is 0 Å². The second kappa shape index (κ2) is 5.11. The Balaban J connectivity index is 2.06. The van der Waals surface area contributed by atoms with E-state index in [4.69, 9.17) is 0 Å². The van der Waals surface area contributed by atoms with Gasteiger partial charge >= 0.3 is 0 Å². The van der Waals surface area contributed by atoms with E-state index in [0.29, 0.717) is 5.78 Å². The van der Waals surface area contributed by atoms with Crippen LogP contribution in [0.2, 0.25) is 0 Å². The second-order valence-electron chi connectivity index (χ2n) is 4.48. The Morgan fingerprint density at radius 3 is 3.00 bits per heavy atom. The summed E-state index contributed by atoms with van der Waals surface area (Å²) in [6.45, 7) is 3.71. The van der Waals surface area contributed by atoms with Gasteiger partial charge in [0.15, 0.2) is 5.78 Å². The number of carbonyl (C=O) groups excluding carboxylic acids is 1. The van der Waals surface area contributed by atoms with Gasteiger partial charge in [-0.15, -0.1) is 6.58 Å². The van der Waals surface area contributed by atoms with Crippen LogP contribution >= 0.6 is 0 Å². The lowest BCUT2D eigenvalue weighted by Gasteiger charge is -2.22. The fourth-order valence-electron chi connectivity index (χ4n) is 2.44. The number of aryl methyl sites for hydroxylation is 1. The van der Waals surface area contributed by atoms with Gasteiger partial charge in [-0.3, -0.25) is 4.79 Å². The van der Waals surface area contributed by atoms with Crippen molar-refractivity contribution in [3.8, 4) is 0 Å². The van der Waals surface area contributed by atoms with Crippen LogP contribution in [0.4, 0.5) is 0 Å². The van der Waals surface area contributed by atoms with E-state index < -0.39 is 0 Å². The van der Waals surface area contributed by atoms with Crippen LogP contribution in [-0.2, 0) is 6.42 Å². The molecule has 0 bridgehead atoms. The molecule has 16 heavy (non-hydrogen) atoms. The molecule has 0 heterocycles. The minimum atomic E-state index is 0.245. The molecular formula is C15H18O. The minimum absolute atomic E-state index is 0.245. The highest BCUT2D eigenvalue weighted by Gasteiger charge is 2.25. The van der Waals surface area contributed by atoms with Gasteiger partial charge in [0.1, 0.15) is 0 Å². The van der Waals surface area contributed by atoms with E-state index in [1.807, 2.05) is 24.3 Å². The molecule has 0 saturated heterocycles. The third-order valence-corrected chi connectivity index (χ3v) is 3.38. The normalized spacial score (nSPS) is 19.2. The standard InChI is InChI=1S/C15H18O/c1-2-3-4-8-13-11-10-12-7-5-6-9-14(12)15(13)16/h2,5-7,9,13H,1,3-4,8,10-11H2. The largest absolute Gasteiger partial charge is 0.294 e. The average molecular weight is 214 g/mol. The Bertz CT molecular complexity index is 392. The molecule has 2 rings (SSSR count). The number of ketones is 1. The zero-order valence-corrected chi connectivity index (χ0v) is 9.61. The van der Waals surface area contributed by atoms with Crippen LogP contribution < -0.4 is 0 Å². The fourth-order valence-corrected chi connectivity index (χ4v) is 2.44. The molecule has 1 nitrogen and oxygen atoms in total. The van der Waals surface area contributed by atoms with Gasteiger partial charge in [0, 0.05) is 11.5 Å². The molecule has 0 spiro atoms. The number of carbonyl (C=O) groups is 1. The quantitative estimate of drug-likeness (QED) is 0.550. The molecular weight excluding hydrogens is 196 g/mol. The Kier molecular flexibility index (Phi) is 3.55. The van der Waals surface area contributed by atoms with Crippen molar-refractivity contribution in [1.29, 1.82) is 0 Å². The molecule has 84 valence electrons. The molecule has 1 aromatic rings. The molecule has 0 radical (unpaired) electrons. The number of unbranched alkanes of at least 4 members (excludes halogenated alkanes) is 1. The smallest absolute Gasteiger partial charge is 0.166 e. The van der Waals surface area contributed by atoms with E-state index >= 15 is 0 Å². The lowest BCUT2D eigenvalue weighted by molar-refractivity contribution is 0.0893. The maximum absolute atomic E-state index is 12.2. The summed E-state index contributed by atoms with van der Waals surface area (Å²) in [6, 6.07) is 8.03. The highest BCUT2D eigenvalue weighted by molar-refractivity contribution is 6.00.